The quantitative estimate of drug-likeness (QED) is 0.895. The van der Waals surface area contributed by atoms with Crippen LogP contribution in [0.25, 0.3) is 0 Å². The molecule has 2 aromatic carbocycles. The zero-order valence-corrected chi connectivity index (χ0v) is 15.3. The molecule has 1 heterocycles. The van der Waals surface area contributed by atoms with Gasteiger partial charge < -0.3 is 15.0 Å². The van der Waals surface area contributed by atoms with Gasteiger partial charge in [0.05, 0.1) is 25.7 Å². The van der Waals surface area contributed by atoms with Crippen LogP contribution in [0.3, 0.4) is 0 Å². The number of nitrogens with zero attached hydrogens (tertiary/aromatic N) is 1. The molecular weight excluding hydrogens is 352 g/mol. The van der Waals surface area contributed by atoms with E-state index < -0.39 is 0 Å². The van der Waals surface area contributed by atoms with Gasteiger partial charge in [-0.25, -0.2) is 0 Å². The number of nitrogens with one attached hydrogen (secondary N) is 1. The highest BCUT2D eigenvalue weighted by molar-refractivity contribution is 6.31. The first-order valence-electron chi connectivity index (χ1n) is 8.56. The van der Waals surface area contributed by atoms with Crippen molar-refractivity contribution < 1.29 is 14.3 Å². The Morgan fingerprint density at radius 2 is 1.92 bits per heavy atom. The number of hydrogen-bond donors (Lipinski definition) is 1. The summed E-state index contributed by atoms with van der Waals surface area (Å²) in [7, 11) is 0. The number of carbonyl (C=O) groups is 2. The fraction of sp³-hybridized carbons (Fsp3) is 0.300. The summed E-state index contributed by atoms with van der Waals surface area (Å²) in [6, 6.07) is 14.3. The summed E-state index contributed by atoms with van der Waals surface area (Å²) >= 11 is 6.08. The molecule has 136 valence electrons. The van der Waals surface area contributed by atoms with Gasteiger partial charge in [-0.05, 0) is 42.8 Å². The minimum atomic E-state index is -0.154. The smallest absolute Gasteiger partial charge is 0.254 e. The van der Waals surface area contributed by atoms with Crippen molar-refractivity contribution in [2.45, 2.75) is 19.4 Å². The maximum atomic E-state index is 12.6. The molecule has 0 saturated carbocycles. The van der Waals surface area contributed by atoms with Crippen LogP contribution < -0.4 is 5.32 Å². The molecule has 6 heteroatoms. The number of hydrogen-bond acceptors (Lipinski definition) is 3. The summed E-state index contributed by atoms with van der Waals surface area (Å²) in [5, 5.41) is 3.40. The van der Waals surface area contributed by atoms with E-state index in [0.29, 0.717) is 36.0 Å². The van der Waals surface area contributed by atoms with E-state index in [-0.39, 0.29) is 24.3 Å². The first-order valence-corrected chi connectivity index (χ1v) is 8.94. The summed E-state index contributed by atoms with van der Waals surface area (Å²) in [5.41, 5.74) is 2.02. The van der Waals surface area contributed by atoms with E-state index in [1.54, 1.807) is 30.3 Å². The summed E-state index contributed by atoms with van der Waals surface area (Å²) in [4.78, 5) is 26.6. The maximum Gasteiger partial charge on any atom is 0.254 e. The minimum Gasteiger partial charge on any atom is -0.377 e. The third-order valence-corrected chi connectivity index (χ3v) is 4.72. The molecule has 2 amide bonds. The van der Waals surface area contributed by atoms with Crippen molar-refractivity contribution in [3.63, 3.8) is 0 Å². The Kier molecular flexibility index (Phi) is 5.91. The number of morpholine rings is 1. The first-order chi connectivity index (χ1) is 12.5. The van der Waals surface area contributed by atoms with E-state index in [1.165, 1.54) is 0 Å². The molecule has 1 aliphatic rings. The summed E-state index contributed by atoms with van der Waals surface area (Å²) in [6.07, 6.45) is 0.200. The van der Waals surface area contributed by atoms with E-state index >= 15 is 0 Å². The monoisotopic (exact) mass is 372 g/mol. The van der Waals surface area contributed by atoms with Crippen LogP contribution in [0, 0.1) is 0 Å². The predicted octanol–water partition coefficient (Wildman–Crippen LogP) is 3.38. The lowest BCUT2D eigenvalue weighted by molar-refractivity contribution is -0.115. The third kappa shape index (κ3) is 4.42. The summed E-state index contributed by atoms with van der Waals surface area (Å²) in [5.74, 6) is -0.172. The minimum absolute atomic E-state index is 0.0188. The molecule has 0 radical (unpaired) electrons. The van der Waals surface area contributed by atoms with Crippen LogP contribution in [0.5, 0.6) is 0 Å². The van der Waals surface area contributed by atoms with Crippen LogP contribution in [0.1, 0.15) is 22.8 Å². The van der Waals surface area contributed by atoms with Crippen LogP contribution in [0.4, 0.5) is 5.69 Å². The molecule has 3 rings (SSSR count). The van der Waals surface area contributed by atoms with Crippen LogP contribution in [0.15, 0.2) is 48.5 Å². The van der Waals surface area contributed by atoms with Gasteiger partial charge in [-0.2, -0.15) is 0 Å². The van der Waals surface area contributed by atoms with Crippen molar-refractivity contribution in [2.24, 2.45) is 0 Å². The van der Waals surface area contributed by atoms with Crippen LogP contribution in [-0.4, -0.2) is 42.5 Å². The lowest BCUT2D eigenvalue weighted by Gasteiger charge is -2.33. The molecule has 1 saturated heterocycles. The first kappa shape index (κ1) is 18.4. The Morgan fingerprint density at radius 1 is 1.19 bits per heavy atom. The molecule has 0 aromatic heterocycles. The Labute approximate surface area is 157 Å². The average Bonchev–Trinajstić information content (AvgIpc) is 2.64. The molecular formula is C20H21ClN2O3. The zero-order valence-electron chi connectivity index (χ0n) is 14.6. The second-order valence-electron chi connectivity index (χ2n) is 6.32. The molecule has 26 heavy (non-hydrogen) atoms. The largest absolute Gasteiger partial charge is 0.377 e. The number of rotatable bonds is 4. The SMILES string of the molecule is CC1COCCN1C(=O)c1ccc(NC(=O)Cc2ccccc2Cl)cc1. The van der Waals surface area contributed by atoms with E-state index in [9.17, 15) is 9.59 Å². The Morgan fingerprint density at radius 3 is 2.62 bits per heavy atom. The van der Waals surface area contributed by atoms with Crippen LogP contribution in [0.2, 0.25) is 5.02 Å². The summed E-state index contributed by atoms with van der Waals surface area (Å²) < 4.78 is 5.37. The Balaban J connectivity index is 1.61. The Bertz CT molecular complexity index is 792. The van der Waals surface area contributed by atoms with Crippen molar-refractivity contribution >= 4 is 29.1 Å². The fourth-order valence-electron chi connectivity index (χ4n) is 2.91. The van der Waals surface area contributed by atoms with E-state index in [2.05, 4.69) is 5.32 Å². The fourth-order valence-corrected chi connectivity index (χ4v) is 3.11. The van der Waals surface area contributed by atoms with Gasteiger partial charge in [-0.15, -0.1) is 0 Å². The average molecular weight is 373 g/mol. The molecule has 1 aliphatic heterocycles. The third-order valence-electron chi connectivity index (χ3n) is 4.35. The van der Waals surface area contributed by atoms with Crippen molar-refractivity contribution in [1.29, 1.82) is 0 Å². The maximum absolute atomic E-state index is 12.6. The zero-order chi connectivity index (χ0) is 18.5. The van der Waals surface area contributed by atoms with Gasteiger partial charge in [-0.3, -0.25) is 9.59 Å². The Hall–Kier alpha value is -2.37. The topological polar surface area (TPSA) is 58.6 Å². The van der Waals surface area contributed by atoms with Crippen molar-refractivity contribution in [2.75, 3.05) is 25.1 Å². The van der Waals surface area contributed by atoms with Crippen molar-refractivity contribution in [3.05, 3.63) is 64.7 Å². The number of anilines is 1. The summed E-state index contributed by atoms with van der Waals surface area (Å²) in [6.45, 7) is 3.69. The number of carbonyl (C=O) groups excluding carboxylic acids is 2. The lowest BCUT2D eigenvalue weighted by atomic mass is 10.1. The molecule has 0 spiro atoms. The number of ether oxygens (including phenoxy) is 1. The highest BCUT2D eigenvalue weighted by Gasteiger charge is 2.24. The second-order valence-corrected chi connectivity index (χ2v) is 6.72. The van der Waals surface area contributed by atoms with E-state index in [0.717, 1.165) is 5.56 Å². The normalized spacial score (nSPS) is 17.0. The molecule has 1 unspecified atom stereocenters. The van der Waals surface area contributed by atoms with Gasteiger partial charge in [-0.1, -0.05) is 29.8 Å². The second kappa shape index (κ2) is 8.34. The molecule has 0 aliphatic carbocycles. The van der Waals surface area contributed by atoms with E-state index in [1.807, 2.05) is 30.0 Å². The van der Waals surface area contributed by atoms with Gasteiger partial charge in [0, 0.05) is 22.8 Å². The van der Waals surface area contributed by atoms with Crippen molar-refractivity contribution in [1.82, 2.24) is 4.90 Å². The predicted molar refractivity (Wildman–Crippen MR) is 102 cm³/mol. The highest BCUT2D eigenvalue weighted by atomic mass is 35.5. The highest BCUT2D eigenvalue weighted by Crippen LogP contribution is 2.18. The molecule has 1 N–H and O–H groups in total. The van der Waals surface area contributed by atoms with Crippen LogP contribution >= 0.6 is 11.6 Å². The standard InChI is InChI=1S/C20H21ClN2O3/c1-14-13-26-11-10-23(14)20(25)15-6-8-17(9-7-15)22-19(24)12-16-4-2-3-5-18(16)21/h2-9,14H,10-13H2,1H3,(H,22,24). The molecule has 0 bridgehead atoms. The van der Waals surface area contributed by atoms with Gasteiger partial charge in [0.25, 0.3) is 5.91 Å². The number of amides is 2. The number of benzene rings is 2. The van der Waals surface area contributed by atoms with Crippen molar-refractivity contribution in [3.8, 4) is 0 Å². The van der Waals surface area contributed by atoms with E-state index in [4.69, 9.17) is 16.3 Å². The van der Waals surface area contributed by atoms with Gasteiger partial charge in [0.2, 0.25) is 5.91 Å². The molecule has 2 aromatic rings. The van der Waals surface area contributed by atoms with Gasteiger partial charge in [0.15, 0.2) is 0 Å². The molecule has 1 fully saturated rings. The lowest BCUT2D eigenvalue weighted by Crippen LogP contribution is -2.47. The molecule has 1 atom stereocenters. The molecule has 5 nitrogen and oxygen atoms in total. The van der Waals surface area contributed by atoms with Gasteiger partial charge in [0.1, 0.15) is 0 Å². The number of halogens is 1. The van der Waals surface area contributed by atoms with Gasteiger partial charge >= 0.3 is 0 Å². The van der Waals surface area contributed by atoms with Crippen LogP contribution in [-0.2, 0) is 16.0 Å².